The van der Waals surface area contributed by atoms with E-state index < -0.39 is 10.0 Å². The highest BCUT2D eigenvalue weighted by atomic mass is 32.2. The number of nitrogens with one attached hydrogen (secondary N) is 2. The summed E-state index contributed by atoms with van der Waals surface area (Å²) in [6, 6.07) is 3.57. The van der Waals surface area contributed by atoms with E-state index in [-0.39, 0.29) is 18.0 Å². The first-order valence-corrected chi connectivity index (χ1v) is 9.66. The molecule has 1 aliphatic heterocycles. The summed E-state index contributed by atoms with van der Waals surface area (Å²) in [6.45, 7) is 7.09. The van der Waals surface area contributed by atoms with Crippen molar-refractivity contribution in [2.75, 3.05) is 19.6 Å². The van der Waals surface area contributed by atoms with Crippen molar-refractivity contribution in [2.24, 2.45) is 0 Å². The van der Waals surface area contributed by atoms with E-state index in [1.807, 2.05) is 19.9 Å². The van der Waals surface area contributed by atoms with E-state index in [0.29, 0.717) is 30.3 Å². The molecular formula is C14H23N3O3S2. The average Bonchev–Trinajstić information content (AvgIpc) is 2.91. The zero-order chi connectivity index (χ0) is 16.3. The highest BCUT2D eigenvalue weighted by Gasteiger charge is 2.35. The van der Waals surface area contributed by atoms with Gasteiger partial charge in [-0.2, -0.15) is 4.31 Å². The summed E-state index contributed by atoms with van der Waals surface area (Å²) >= 11 is 1.29. The fraction of sp³-hybridized carbons (Fsp3) is 0.643. The largest absolute Gasteiger partial charge is 0.356 e. The second-order valence-electron chi connectivity index (χ2n) is 5.55. The topological polar surface area (TPSA) is 78.5 Å². The van der Waals surface area contributed by atoms with Crippen molar-refractivity contribution in [1.29, 1.82) is 0 Å². The highest BCUT2D eigenvalue weighted by molar-refractivity contribution is 7.91. The molecule has 2 atom stereocenters. The highest BCUT2D eigenvalue weighted by Crippen LogP contribution is 2.27. The molecule has 0 aliphatic carbocycles. The van der Waals surface area contributed by atoms with Crippen LogP contribution in [0.2, 0.25) is 0 Å². The van der Waals surface area contributed by atoms with Crippen LogP contribution >= 0.6 is 11.3 Å². The summed E-state index contributed by atoms with van der Waals surface area (Å²) < 4.78 is 27.5. The predicted octanol–water partition coefficient (Wildman–Crippen LogP) is 0.798. The molecule has 6 nitrogen and oxygen atoms in total. The van der Waals surface area contributed by atoms with E-state index in [1.165, 1.54) is 18.3 Å². The predicted molar refractivity (Wildman–Crippen MR) is 87.5 cm³/mol. The van der Waals surface area contributed by atoms with Gasteiger partial charge in [-0.1, -0.05) is 0 Å². The average molecular weight is 345 g/mol. The molecule has 0 aromatic carbocycles. The summed E-state index contributed by atoms with van der Waals surface area (Å²) in [6.07, 6.45) is 0.646. The molecule has 22 heavy (non-hydrogen) atoms. The third-order valence-corrected chi connectivity index (χ3v) is 7.52. The zero-order valence-corrected chi connectivity index (χ0v) is 14.8. The second-order valence-corrected chi connectivity index (χ2v) is 8.84. The first-order chi connectivity index (χ1) is 10.3. The normalized spacial score (nSPS) is 23.4. The van der Waals surface area contributed by atoms with Crippen LogP contribution in [0, 0.1) is 0 Å². The summed E-state index contributed by atoms with van der Waals surface area (Å²) in [5, 5.41) is 6.00. The molecule has 2 unspecified atom stereocenters. The minimum Gasteiger partial charge on any atom is -0.356 e. The molecule has 8 heteroatoms. The number of carbonyl (C=O) groups is 1. The van der Waals surface area contributed by atoms with Crippen LogP contribution in [0.1, 0.15) is 25.6 Å². The van der Waals surface area contributed by atoms with E-state index in [2.05, 4.69) is 10.6 Å². The zero-order valence-electron chi connectivity index (χ0n) is 13.1. The molecule has 124 valence electrons. The summed E-state index contributed by atoms with van der Waals surface area (Å²) in [5.74, 6) is -0.0759. The van der Waals surface area contributed by atoms with E-state index in [1.54, 1.807) is 10.4 Å². The Morgan fingerprint density at radius 2 is 2.18 bits per heavy atom. The smallest absolute Gasteiger partial charge is 0.252 e. The molecule has 0 radical (unpaired) electrons. The van der Waals surface area contributed by atoms with Gasteiger partial charge in [0.05, 0.1) is 0 Å². The van der Waals surface area contributed by atoms with E-state index in [9.17, 15) is 13.2 Å². The van der Waals surface area contributed by atoms with Gasteiger partial charge in [0, 0.05) is 43.5 Å². The van der Waals surface area contributed by atoms with Gasteiger partial charge in [0.25, 0.3) is 10.0 Å². The summed E-state index contributed by atoms with van der Waals surface area (Å²) in [7, 11) is -3.44. The maximum atomic E-state index is 12.8. The van der Waals surface area contributed by atoms with Gasteiger partial charge < -0.3 is 10.6 Å². The summed E-state index contributed by atoms with van der Waals surface area (Å²) in [5.41, 5.74) is 0. The van der Waals surface area contributed by atoms with Crippen LogP contribution in [-0.2, 0) is 21.2 Å². The number of hydrogen-bond donors (Lipinski definition) is 2. The third-order valence-electron chi connectivity index (χ3n) is 3.92. The standard InChI is InChI=1S/C14H23N3O3S2/c1-10-11(2)17(9-8-15-10)22(19,20)14-5-4-13(21-14)6-7-16-12(3)18/h4-5,10-11,15H,6-9H2,1-3H3,(H,16,18). The lowest BCUT2D eigenvalue weighted by molar-refractivity contribution is -0.118. The number of sulfonamides is 1. The lowest BCUT2D eigenvalue weighted by Crippen LogP contribution is -2.56. The molecule has 1 aromatic heterocycles. The molecule has 1 aliphatic rings. The first kappa shape index (κ1) is 17.4. The minimum absolute atomic E-state index is 0.0660. The molecule has 2 rings (SSSR count). The van der Waals surface area contributed by atoms with Crippen LogP contribution in [0.25, 0.3) is 0 Å². The number of thiophene rings is 1. The lowest BCUT2D eigenvalue weighted by atomic mass is 10.1. The summed E-state index contributed by atoms with van der Waals surface area (Å²) in [4.78, 5) is 11.8. The third kappa shape index (κ3) is 3.87. The van der Waals surface area contributed by atoms with Crippen molar-refractivity contribution in [3.05, 3.63) is 17.0 Å². The van der Waals surface area contributed by atoms with Crippen molar-refractivity contribution in [3.63, 3.8) is 0 Å². The van der Waals surface area contributed by atoms with Crippen molar-refractivity contribution < 1.29 is 13.2 Å². The Balaban J connectivity index is 2.09. The van der Waals surface area contributed by atoms with Crippen molar-refractivity contribution in [1.82, 2.24) is 14.9 Å². The van der Waals surface area contributed by atoms with Crippen molar-refractivity contribution >= 4 is 27.3 Å². The van der Waals surface area contributed by atoms with Gasteiger partial charge >= 0.3 is 0 Å². The Hall–Kier alpha value is -0.960. The monoisotopic (exact) mass is 345 g/mol. The molecule has 1 saturated heterocycles. The quantitative estimate of drug-likeness (QED) is 0.827. The van der Waals surface area contributed by atoms with Crippen molar-refractivity contribution in [2.45, 2.75) is 43.5 Å². The van der Waals surface area contributed by atoms with Gasteiger partial charge in [-0.25, -0.2) is 8.42 Å². The molecular weight excluding hydrogens is 322 g/mol. The number of nitrogens with zero attached hydrogens (tertiary/aromatic N) is 1. The fourth-order valence-corrected chi connectivity index (χ4v) is 5.66. The molecule has 1 amide bonds. The Morgan fingerprint density at radius 1 is 1.45 bits per heavy atom. The van der Waals surface area contributed by atoms with Gasteiger partial charge in [0.2, 0.25) is 5.91 Å². The van der Waals surface area contributed by atoms with E-state index in [0.717, 1.165) is 4.88 Å². The lowest BCUT2D eigenvalue weighted by Gasteiger charge is -2.37. The minimum atomic E-state index is -3.44. The first-order valence-electron chi connectivity index (χ1n) is 7.40. The van der Waals surface area contributed by atoms with E-state index in [4.69, 9.17) is 0 Å². The van der Waals surface area contributed by atoms with Gasteiger partial charge in [0.1, 0.15) is 4.21 Å². The molecule has 0 saturated carbocycles. The molecule has 1 aromatic rings. The Kier molecular flexibility index (Phi) is 5.60. The molecule has 0 spiro atoms. The van der Waals surface area contributed by atoms with E-state index >= 15 is 0 Å². The Morgan fingerprint density at radius 3 is 2.86 bits per heavy atom. The Bertz CT molecular complexity index is 627. The van der Waals surface area contributed by atoms with Gasteiger partial charge in [-0.3, -0.25) is 4.79 Å². The molecule has 2 heterocycles. The number of rotatable bonds is 5. The Labute approximate surface area is 135 Å². The van der Waals surface area contributed by atoms with Crippen LogP contribution < -0.4 is 10.6 Å². The molecule has 2 N–H and O–H groups in total. The van der Waals surface area contributed by atoms with Crippen LogP contribution in [0.3, 0.4) is 0 Å². The van der Waals surface area contributed by atoms with Crippen LogP contribution in [0.15, 0.2) is 16.3 Å². The molecule has 0 bridgehead atoms. The van der Waals surface area contributed by atoms with Gasteiger partial charge in [-0.15, -0.1) is 11.3 Å². The van der Waals surface area contributed by atoms with Gasteiger partial charge in [0.15, 0.2) is 0 Å². The fourth-order valence-electron chi connectivity index (χ4n) is 2.47. The maximum absolute atomic E-state index is 12.8. The maximum Gasteiger partial charge on any atom is 0.252 e. The van der Waals surface area contributed by atoms with Crippen LogP contribution in [0.4, 0.5) is 0 Å². The van der Waals surface area contributed by atoms with Crippen LogP contribution in [0.5, 0.6) is 0 Å². The number of carbonyl (C=O) groups excluding carboxylic acids is 1. The van der Waals surface area contributed by atoms with Crippen LogP contribution in [-0.4, -0.2) is 50.3 Å². The number of piperazine rings is 1. The van der Waals surface area contributed by atoms with Gasteiger partial charge in [-0.05, 0) is 32.4 Å². The SMILES string of the molecule is CC(=O)NCCc1ccc(S(=O)(=O)N2CCNC(C)C2C)s1. The molecule has 1 fully saturated rings. The second kappa shape index (κ2) is 7.08. The number of hydrogen-bond acceptors (Lipinski definition) is 5. The number of amides is 1. The van der Waals surface area contributed by atoms with Crippen molar-refractivity contribution in [3.8, 4) is 0 Å².